The Balaban J connectivity index is 1.38. The summed E-state index contributed by atoms with van der Waals surface area (Å²) in [4.78, 5) is 10.9. The molecule has 0 saturated heterocycles. The third-order valence-corrected chi connectivity index (χ3v) is 11.2. The van der Waals surface area contributed by atoms with Crippen LogP contribution >= 0.6 is 11.3 Å². The van der Waals surface area contributed by atoms with Gasteiger partial charge in [0.1, 0.15) is 0 Å². The van der Waals surface area contributed by atoms with Gasteiger partial charge in [-0.25, -0.2) is 20.0 Å². The molecule has 0 radical (unpaired) electrons. The number of hydrazine groups is 1. The summed E-state index contributed by atoms with van der Waals surface area (Å²) < 4.78 is 11.7. The minimum Gasteiger partial charge on any atom is -0.246 e. The lowest BCUT2D eigenvalue weighted by Crippen LogP contribution is -2.40. The van der Waals surface area contributed by atoms with E-state index in [1.165, 1.54) is 4.70 Å². The maximum absolute atomic E-state index is 9.38. The van der Waals surface area contributed by atoms with Gasteiger partial charge in [-0.15, -0.1) is 11.3 Å². The Bertz CT molecular complexity index is 3050. The fourth-order valence-corrected chi connectivity index (χ4v) is 9.15. The Morgan fingerprint density at radius 1 is 0.510 bits per heavy atom. The summed E-state index contributed by atoms with van der Waals surface area (Å²) in [6.07, 6.45) is 0. The number of aromatic nitrogens is 2. The highest BCUT2D eigenvalue weighted by Crippen LogP contribution is 2.58. The van der Waals surface area contributed by atoms with E-state index >= 15 is 0 Å². The van der Waals surface area contributed by atoms with Crippen molar-refractivity contribution in [3.63, 3.8) is 0 Å². The molecule has 1 aliphatic rings. The van der Waals surface area contributed by atoms with E-state index in [-0.39, 0.29) is 0 Å². The van der Waals surface area contributed by atoms with E-state index in [0.717, 1.165) is 87.4 Å². The summed E-state index contributed by atoms with van der Waals surface area (Å²) in [5, 5.41) is 12.1. The van der Waals surface area contributed by atoms with Crippen LogP contribution in [0, 0.1) is 0 Å². The summed E-state index contributed by atoms with van der Waals surface area (Å²) >= 11 is 1.77. The molecule has 0 fully saturated rings. The molecule has 238 valence electrons. The smallest absolute Gasteiger partial charge is 0.246 e. The van der Waals surface area contributed by atoms with Crippen LogP contribution in [0.25, 0.3) is 75.0 Å². The highest BCUT2D eigenvalue weighted by Gasteiger charge is 2.38. The molecule has 0 spiro atoms. The molecule has 10 aromatic rings. The molecule has 0 N–H and O–H groups in total. The van der Waals surface area contributed by atoms with Gasteiger partial charge >= 0.3 is 0 Å². The van der Waals surface area contributed by atoms with Crippen LogP contribution in [-0.4, -0.2) is 9.97 Å². The molecular weight excluding hydrogens is 641 g/mol. The predicted molar refractivity (Wildman–Crippen MR) is 215 cm³/mol. The molecule has 0 saturated carbocycles. The number of para-hydroxylation sites is 2. The van der Waals surface area contributed by atoms with Crippen LogP contribution in [0.15, 0.2) is 170 Å². The van der Waals surface area contributed by atoms with Crippen molar-refractivity contribution < 1.29 is 1.37 Å². The molecule has 0 unspecified atom stereocenters. The highest BCUT2D eigenvalue weighted by atomic mass is 32.1. The minimum absolute atomic E-state index is 0.515. The maximum Gasteiger partial charge on any atom is 0.251 e. The van der Waals surface area contributed by atoms with E-state index in [2.05, 4.69) is 150 Å². The first-order valence-electron chi connectivity index (χ1n) is 17.6. The number of hydrogen-bond acceptors (Lipinski definition) is 5. The molecule has 5 heteroatoms. The van der Waals surface area contributed by atoms with Crippen LogP contribution in [0.1, 0.15) is 1.37 Å². The minimum atomic E-state index is 0.515. The summed E-state index contributed by atoms with van der Waals surface area (Å²) in [5.74, 6) is 0.571. The topological polar surface area (TPSA) is 32.3 Å². The van der Waals surface area contributed by atoms with Gasteiger partial charge in [-0.05, 0) is 51.9 Å². The molecule has 8 aromatic carbocycles. The van der Waals surface area contributed by atoms with Gasteiger partial charge in [0.25, 0.3) is 5.95 Å². The van der Waals surface area contributed by atoms with E-state index < -0.39 is 0 Å². The summed E-state index contributed by atoms with van der Waals surface area (Å²) in [7, 11) is 0. The second-order valence-electron chi connectivity index (χ2n) is 12.9. The monoisotopic (exact) mass is 669 g/mol. The maximum atomic E-state index is 9.38. The van der Waals surface area contributed by atoms with Crippen molar-refractivity contribution in [1.29, 1.82) is 0 Å². The molecule has 3 heterocycles. The van der Waals surface area contributed by atoms with Gasteiger partial charge in [0.05, 0.1) is 34.3 Å². The van der Waals surface area contributed by atoms with Crippen molar-refractivity contribution in [2.75, 3.05) is 10.0 Å². The number of nitrogens with zero attached hydrogens (tertiary/aromatic N) is 4. The predicted octanol–water partition coefficient (Wildman–Crippen LogP) is 12.8. The second kappa shape index (κ2) is 11.0. The van der Waals surface area contributed by atoms with Gasteiger partial charge in [0.15, 0.2) is 0 Å². The highest BCUT2D eigenvalue weighted by molar-refractivity contribution is 7.26. The zero-order valence-electron chi connectivity index (χ0n) is 28.3. The molecule has 0 amide bonds. The third-order valence-electron chi connectivity index (χ3n) is 10.0. The molecule has 1 aliphatic heterocycles. The van der Waals surface area contributed by atoms with Crippen molar-refractivity contribution in [3.05, 3.63) is 170 Å². The molecular formula is C46H28N4S. The van der Waals surface area contributed by atoms with Crippen molar-refractivity contribution in [2.24, 2.45) is 0 Å². The van der Waals surface area contributed by atoms with Gasteiger partial charge in [-0.1, -0.05) is 140 Å². The largest absolute Gasteiger partial charge is 0.251 e. The van der Waals surface area contributed by atoms with E-state index in [4.69, 9.17) is 9.97 Å². The zero-order valence-corrected chi connectivity index (χ0v) is 28.1. The van der Waals surface area contributed by atoms with Gasteiger partial charge in [-0.3, -0.25) is 0 Å². The number of rotatable bonds is 3. The van der Waals surface area contributed by atoms with Crippen molar-refractivity contribution >= 4 is 87.0 Å². The fourth-order valence-electron chi connectivity index (χ4n) is 7.90. The van der Waals surface area contributed by atoms with Crippen molar-refractivity contribution in [3.8, 4) is 22.4 Å². The number of thiophene rings is 1. The zero-order chi connectivity index (χ0) is 34.3. The quantitative estimate of drug-likeness (QED) is 0.187. The Hall–Kier alpha value is -6.56. The number of fused-ring (bicyclic) bond motifs is 13. The SMILES string of the molecule is [2H]c1cccc2c3c(c4sc5ccccc5c4c12)N(c1nc(-c2ccccc2)c2ccccc2n1)N(c1ccccc1)c1ccc2ccccc2c1-3. The number of hydrogen-bond donors (Lipinski definition) is 0. The number of anilines is 4. The summed E-state index contributed by atoms with van der Waals surface area (Å²) in [6.45, 7) is 0. The normalized spacial score (nSPS) is 12.9. The number of benzene rings is 8. The lowest BCUT2D eigenvalue weighted by atomic mass is 9.87. The third kappa shape index (κ3) is 4.13. The first kappa shape index (κ1) is 27.3. The summed E-state index contributed by atoms with van der Waals surface area (Å²) in [5.41, 5.74) is 8.01. The first-order valence-corrected chi connectivity index (χ1v) is 17.9. The van der Waals surface area contributed by atoms with Crippen molar-refractivity contribution in [2.45, 2.75) is 0 Å². The Labute approximate surface area is 299 Å². The van der Waals surface area contributed by atoms with Crippen LogP contribution in [-0.2, 0) is 0 Å². The molecule has 2 aromatic heterocycles. The van der Waals surface area contributed by atoms with Gasteiger partial charge in [0.2, 0.25) is 0 Å². The van der Waals surface area contributed by atoms with E-state index in [0.29, 0.717) is 12.0 Å². The summed E-state index contributed by atoms with van der Waals surface area (Å²) in [6, 6.07) is 57.5. The average molecular weight is 670 g/mol. The van der Waals surface area contributed by atoms with Gasteiger partial charge in [-0.2, -0.15) is 0 Å². The molecule has 51 heavy (non-hydrogen) atoms. The average Bonchev–Trinajstić information content (AvgIpc) is 3.60. The molecule has 0 aliphatic carbocycles. The van der Waals surface area contributed by atoms with E-state index in [1.54, 1.807) is 11.3 Å². The molecule has 4 nitrogen and oxygen atoms in total. The first-order chi connectivity index (χ1) is 25.7. The van der Waals surface area contributed by atoms with Crippen LogP contribution in [0.4, 0.5) is 23.0 Å². The van der Waals surface area contributed by atoms with Crippen LogP contribution in [0.3, 0.4) is 0 Å². The van der Waals surface area contributed by atoms with Crippen molar-refractivity contribution in [1.82, 2.24) is 9.97 Å². The standard InChI is InChI=1S/C46H28N4S/c1-3-16-30(17-4-1)43-35-23-11-13-25-37(35)47-46(48-43)50-44-42(34-22-10-9-21-33(34)40-36-24-12-14-26-39(36)51-45(40)44)41-32-20-8-7-15-29(32)27-28-38(41)49(50)31-18-5-2-6-19-31/h1-28H/i21D. The Morgan fingerprint density at radius 3 is 2.06 bits per heavy atom. The Morgan fingerprint density at radius 2 is 1.20 bits per heavy atom. The fraction of sp³-hybridized carbons (Fsp3) is 0. The van der Waals surface area contributed by atoms with Crippen LogP contribution in [0.5, 0.6) is 0 Å². The Kier molecular flexibility index (Phi) is 5.87. The van der Waals surface area contributed by atoms with Gasteiger partial charge < -0.3 is 0 Å². The molecule has 11 rings (SSSR count). The van der Waals surface area contributed by atoms with Crippen LogP contribution < -0.4 is 10.0 Å². The van der Waals surface area contributed by atoms with E-state index in [9.17, 15) is 1.37 Å². The van der Waals surface area contributed by atoms with Crippen LogP contribution in [0.2, 0.25) is 0 Å². The lowest BCUT2D eigenvalue weighted by molar-refractivity contribution is 0.933. The molecule has 0 atom stereocenters. The van der Waals surface area contributed by atoms with Gasteiger partial charge in [0, 0.05) is 37.5 Å². The second-order valence-corrected chi connectivity index (χ2v) is 13.9. The molecule has 0 bridgehead atoms. The van der Waals surface area contributed by atoms with E-state index in [1.807, 2.05) is 24.3 Å². The lowest BCUT2D eigenvalue weighted by Gasteiger charge is -2.43.